The number of carbonyl (C=O) groups is 1. The maximum absolute atomic E-state index is 12.0. The van der Waals surface area contributed by atoms with E-state index in [2.05, 4.69) is 29.7 Å². The van der Waals surface area contributed by atoms with E-state index in [0.717, 1.165) is 17.8 Å². The van der Waals surface area contributed by atoms with Crippen molar-refractivity contribution >= 4 is 17.3 Å². The average Bonchev–Trinajstić information content (AvgIpc) is 2.52. The summed E-state index contributed by atoms with van der Waals surface area (Å²) in [6, 6.07) is 16.1. The number of anilines is 2. The Morgan fingerprint density at radius 2 is 1.82 bits per heavy atom. The third kappa shape index (κ3) is 5.24. The molecule has 0 bridgehead atoms. The van der Waals surface area contributed by atoms with Crippen LogP contribution in [-0.2, 0) is 11.2 Å². The normalized spacial score (nSPS) is 10.3. The highest BCUT2D eigenvalue weighted by molar-refractivity contribution is 5.93. The Hall–Kier alpha value is -2.29. The third-order valence-electron chi connectivity index (χ3n) is 3.53. The summed E-state index contributed by atoms with van der Waals surface area (Å²) in [6.07, 6.45) is 3.49. The Kier molecular flexibility index (Phi) is 6.01. The first kappa shape index (κ1) is 16.1. The number of hydrogen-bond acceptors (Lipinski definition) is 2. The molecule has 2 rings (SSSR count). The molecule has 0 fully saturated rings. The van der Waals surface area contributed by atoms with Crippen LogP contribution in [0.25, 0.3) is 0 Å². The van der Waals surface area contributed by atoms with Crippen LogP contribution in [0, 0.1) is 6.92 Å². The summed E-state index contributed by atoms with van der Waals surface area (Å²) in [5, 5.41) is 6.04. The monoisotopic (exact) mass is 296 g/mol. The summed E-state index contributed by atoms with van der Waals surface area (Å²) in [7, 11) is 0. The Labute approximate surface area is 132 Å². The van der Waals surface area contributed by atoms with Crippen molar-refractivity contribution in [1.82, 2.24) is 0 Å². The van der Waals surface area contributed by atoms with E-state index >= 15 is 0 Å². The van der Waals surface area contributed by atoms with Crippen LogP contribution in [0.1, 0.15) is 30.9 Å². The number of aryl methyl sites for hydroxylation is 2. The number of unbranched alkanes of at least 4 members (excludes halogenated alkanes) is 1. The predicted molar refractivity (Wildman–Crippen MR) is 93.4 cm³/mol. The average molecular weight is 296 g/mol. The van der Waals surface area contributed by atoms with Crippen molar-refractivity contribution in [3.8, 4) is 0 Å². The van der Waals surface area contributed by atoms with Gasteiger partial charge in [-0.1, -0.05) is 37.6 Å². The molecule has 0 aliphatic heterocycles. The van der Waals surface area contributed by atoms with Crippen molar-refractivity contribution in [3.05, 3.63) is 59.7 Å². The van der Waals surface area contributed by atoms with Gasteiger partial charge in [-0.05, 0) is 55.2 Å². The minimum atomic E-state index is -0.0391. The van der Waals surface area contributed by atoms with E-state index in [1.807, 2.05) is 43.3 Å². The van der Waals surface area contributed by atoms with Crippen LogP contribution in [-0.4, -0.2) is 12.5 Å². The Morgan fingerprint density at radius 1 is 1.05 bits per heavy atom. The van der Waals surface area contributed by atoms with Crippen LogP contribution in [0.2, 0.25) is 0 Å². The molecule has 2 N–H and O–H groups in total. The Bertz CT molecular complexity index is 605. The first-order chi connectivity index (χ1) is 10.7. The first-order valence-corrected chi connectivity index (χ1v) is 7.86. The molecule has 1 amide bonds. The van der Waals surface area contributed by atoms with Crippen molar-refractivity contribution in [2.75, 3.05) is 17.2 Å². The second-order valence-corrected chi connectivity index (χ2v) is 5.57. The van der Waals surface area contributed by atoms with Gasteiger partial charge in [0.1, 0.15) is 0 Å². The van der Waals surface area contributed by atoms with Gasteiger partial charge < -0.3 is 10.6 Å². The van der Waals surface area contributed by atoms with Gasteiger partial charge in [-0.3, -0.25) is 4.79 Å². The van der Waals surface area contributed by atoms with Gasteiger partial charge in [-0.25, -0.2) is 0 Å². The zero-order valence-corrected chi connectivity index (χ0v) is 13.4. The van der Waals surface area contributed by atoms with Crippen LogP contribution in [0.5, 0.6) is 0 Å². The fraction of sp³-hybridized carbons (Fsp3) is 0.316. The number of nitrogens with one attached hydrogen (secondary N) is 2. The lowest BCUT2D eigenvalue weighted by Crippen LogP contribution is -2.21. The van der Waals surface area contributed by atoms with Gasteiger partial charge in [-0.2, -0.15) is 0 Å². The SMILES string of the molecule is CCCCc1ccc(NC(=O)CNc2cccc(C)c2)cc1. The first-order valence-electron chi connectivity index (χ1n) is 7.86. The summed E-state index contributed by atoms with van der Waals surface area (Å²) in [5.41, 5.74) is 4.30. The molecule has 0 aliphatic carbocycles. The highest BCUT2D eigenvalue weighted by atomic mass is 16.1. The number of rotatable bonds is 7. The molecule has 0 aromatic heterocycles. The number of carbonyl (C=O) groups excluding carboxylic acids is 1. The van der Waals surface area contributed by atoms with Crippen molar-refractivity contribution in [2.24, 2.45) is 0 Å². The molecule has 116 valence electrons. The predicted octanol–water partition coefficient (Wildman–Crippen LogP) is 4.39. The lowest BCUT2D eigenvalue weighted by atomic mass is 10.1. The maximum atomic E-state index is 12.0. The molecular weight excluding hydrogens is 272 g/mol. The maximum Gasteiger partial charge on any atom is 0.243 e. The van der Waals surface area contributed by atoms with Gasteiger partial charge in [-0.15, -0.1) is 0 Å². The zero-order chi connectivity index (χ0) is 15.8. The third-order valence-corrected chi connectivity index (χ3v) is 3.53. The molecule has 22 heavy (non-hydrogen) atoms. The molecule has 3 nitrogen and oxygen atoms in total. The lowest BCUT2D eigenvalue weighted by molar-refractivity contribution is -0.114. The molecule has 0 unspecified atom stereocenters. The van der Waals surface area contributed by atoms with Gasteiger partial charge in [0.05, 0.1) is 6.54 Å². The topological polar surface area (TPSA) is 41.1 Å². The highest BCUT2D eigenvalue weighted by Gasteiger charge is 2.02. The van der Waals surface area contributed by atoms with Crippen LogP contribution in [0.15, 0.2) is 48.5 Å². The molecule has 2 aromatic carbocycles. The number of amides is 1. The number of hydrogen-bond donors (Lipinski definition) is 2. The summed E-state index contributed by atoms with van der Waals surface area (Å²) in [4.78, 5) is 12.0. The van der Waals surface area contributed by atoms with E-state index in [4.69, 9.17) is 0 Å². The fourth-order valence-corrected chi connectivity index (χ4v) is 2.28. The highest BCUT2D eigenvalue weighted by Crippen LogP contribution is 2.12. The van der Waals surface area contributed by atoms with Crippen molar-refractivity contribution < 1.29 is 4.79 Å². The molecular formula is C19H24N2O. The molecule has 0 atom stereocenters. The van der Waals surface area contributed by atoms with E-state index in [1.165, 1.54) is 24.0 Å². The molecule has 0 heterocycles. The van der Waals surface area contributed by atoms with E-state index in [1.54, 1.807) is 0 Å². The lowest BCUT2D eigenvalue weighted by Gasteiger charge is -2.09. The summed E-state index contributed by atoms with van der Waals surface area (Å²) in [5.74, 6) is -0.0391. The van der Waals surface area contributed by atoms with Crippen LogP contribution in [0.3, 0.4) is 0 Å². The summed E-state index contributed by atoms with van der Waals surface area (Å²) >= 11 is 0. The summed E-state index contributed by atoms with van der Waals surface area (Å²) < 4.78 is 0. The van der Waals surface area contributed by atoms with Gasteiger partial charge in [0.2, 0.25) is 5.91 Å². The van der Waals surface area contributed by atoms with Crippen LogP contribution >= 0.6 is 0 Å². The standard InChI is InChI=1S/C19H24N2O/c1-3-4-7-16-9-11-17(12-10-16)21-19(22)14-20-18-8-5-6-15(2)13-18/h5-6,8-13,20H,3-4,7,14H2,1-2H3,(H,21,22). The van der Waals surface area contributed by atoms with Crippen molar-refractivity contribution in [1.29, 1.82) is 0 Å². The Morgan fingerprint density at radius 3 is 2.50 bits per heavy atom. The van der Waals surface area contributed by atoms with E-state index < -0.39 is 0 Å². The minimum Gasteiger partial charge on any atom is -0.376 e. The van der Waals surface area contributed by atoms with E-state index in [9.17, 15) is 4.79 Å². The molecule has 2 aromatic rings. The molecule has 0 spiro atoms. The minimum absolute atomic E-state index is 0.0391. The van der Waals surface area contributed by atoms with Gasteiger partial charge in [0.15, 0.2) is 0 Å². The van der Waals surface area contributed by atoms with E-state index in [0.29, 0.717) is 0 Å². The van der Waals surface area contributed by atoms with Crippen LogP contribution in [0.4, 0.5) is 11.4 Å². The summed E-state index contributed by atoms with van der Waals surface area (Å²) in [6.45, 7) is 4.49. The van der Waals surface area contributed by atoms with Gasteiger partial charge in [0, 0.05) is 11.4 Å². The quantitative estimate of drug-likeness (QED) is 0.795. The molecule has 3 heteroatoms. The van der Waals surface area contributed by atoms with Gasteiger partial charge >= 0.3 is 0 Å². The number of benzene rings is 2. The van der Waals surface area contributed by atoms with Crippen LogP contribution < -0.4 is 10.6 Å². The van der Waals surface area contributed by atoms with Crippen molar-refractivity contribution in [3.63, 3.8) is 0 Å². The zero-order valence-electron chi connectivity index (χ0n) is 13.4. The molecule has 0 saturated carbocycles. The Balaban J connectivity index is 1.81. The fourth-order valence-electron chi connectivity index (χ4n) is 2.28. The van der Waals surface area contributed by atoms with Crippen molar-refractivity contribution in [2.45, 2.75) is 33.1 Å². The van der Waals surface area contributed by atoms with E-state index in [-0.39, 0.29) is 12.5 Å². The second kappa shape index (κ2) is 8.23. The smallest absolute Gasteiger partial charge is 0.243 e. The molecule has 0 radical (unpaired) electrons. The largest absolute Gasteiger partial charge is 0.376 e. The molecule has 0 aliphatic rings. The van der Waals surface area contributed by atoms with Gasteiger partial charge in [0.25, 0.3) is 0 Å². The molecule has 0 saturated heterocycles. The second-order valence-electron chi connectivity index (χ2n) is 5.57.